The molecule has 1 amide bonds. The van der Waals surface area contributed by atoms with E-state index in [0.29, 0.717) is 11.5 Å². The maximum Gasteiger partial charge on any atom is 0.431 e. The molecule has 2 aromatic carbocycles. The van der Waals surface area contributed by atoms with Crippen LogP contribution in [0.3, 0.4) is 0 Å². The Kier molecular flexibility index (Phi) is 5.87. The van der Waals surface area contributed by atoms with Crippen LogP contribution < -0.4 is 10.2 Å². The van der Waals surface area contributed by atoms with Gasteiger partial charge in [0.05, 0.1) is 22.9 Å². The lowest BCUT2D eigenvalue weighted by atomic mass is 9.92. The van der Waals surface area contributed by atoms with Gasteiger partial charge in [0.25, 0.3) is 0 Å². The fourth-order valence-electron chi connectivity index (χ4n) is 4.23. The van der Waals surface area contributed by atoms with Gasteiger partial charge < -0.3 is 14.2 Å². The summed E-state index contributed by atoms with van der Waals surface area (Å²) < 4.78 is 56.0. The van der Waals surface area contributed by atoms with Crippen molar-refractivity contribution in [2.75, 3.05) is 5.75 Å². The molecule has 0 saturated carbocycles. The molecule has 0 spiro atoms. The van der Waals surface area contributed by atoms with Crippen LogP contribution >= 0.6 is 0 Å². The van der Waals surface area contributed by atoms with Crippen molar-refractivity contribution in [1.29, 1.82) is 0 Å². The lowest BCUT2D eigenvalue weighted by molar-refractivity contribution is -0.107. The largest absolute Gasteiger partial charge is 0.457 e. The van der Waals surface area contributed by atoms with Crippen molar-refractivity contribution < 1.29 is 37.0 Å². The molecule has 2 unspecified atom stereocenters. The second kappa shape index (κ2) is 8.45. The normalized spacial score (nSPS) is 25.1. The summed E-state index contributed by atoms with van der Waals surface area (Å²) in [4.78, 5) is 11.8. The van der Waals surface area contributed by atoms with E-state index in [1.165, 1.54) is 54.0 Å². The molecule has 2 bridgehead atoms. The molecule has 2 aromatic rings. The molecule has 8 nitrogen and oxygen atoms in total. The lowest BCUT2D eigenvalue weighted by Crippen LogP contribution is -2.50. The number of carbonyl (C=O) groups excluding carboxylic acids is 1. The highest BCUT2D eigenvalue weighted by Crippen LogP contribution is 2.42. The number of amides is 1. The Hall–Kier alpha value is -2.69. The summed E-state index contributed by atoms with van der Waals surface area (Å²) in [6.45, 7) is 0. The summed E-state index contributed by atoms with van der Waals surface area (Å²) in [6, 6.07) is 11.3. The SMILES string of the molecule is O=C(NO)OC1(CS(=O)(=O)c2ccc(Oc3ccc(F)cc3)cc2)CC2CCC(C1)O2. The monoisotopic (exact) mass is 451 g/mol. The number of carbonyl (C=O) groups is 1. The third kappa shape index (κ3) is 4.97. The van der Waals surface area contributed by atoms with Gasteiger partial charge in [0.2, 0.25) is 0 Å². The predicted octanol–water partition coefficient (Wildman–Crippen LogP) is 3.59. The van der Waals surface area contributed by atoms with Gasteiger partial charge in [-0.1, -0.05) is 0 Å². The van der Waals surface area contributed by atoms with Gasteiger partial charge in [-0.25, -0.2) is 23.1 Å². The summed E-state index contributed by atoms with van der Waals surface area (Å²) in [6.07, 6.45) is 0.542. The molecular weight excluding hydrogens is 429 g/mol. The van der Waals surface area contributed by atoms with Crippen LogP contribution in [0, 0.1) is 5.82 Å². The molecule has 2 saturated heterocycles. The first-order chi connectivity index (χ1) is 14.8. The highest BCUT2D eigenvalue weighted by Gasteiger charge is 2.50. The fraction of sp³-hybridized carbons (Fsp3) is 0.381. The molecule has 2 heterocycles. The molecule has 2 N–H and O–H groups in total. The van der Waals surface area contributed by atoms with Crippen LogP contribution in [-0.2, 0) is 19.3 Å². The highest BCUT2D eigenvalue weighted by molar-refractivity contribution is 7.91. The van der Waals surface area contributed by atoms with Crippen LogP contribution in [0.25, 0.3) is 0 Å². The molecule has 31 heavy (non-hydrogen) atoms. The zero-order chi connectivity index (χ0) is 22.1. The van der Waals surface area contributed by atoms with Crippen molar-refractivity contribution in [3.63, 3.8) is 0 Å². The molecule has 2 aliphatic heterocycles. The first kappa shape index (κ1) is 21.5. The standard InChI is InChI=1S/C21H22FNO7S/c22-14-1-3-15(4-2-14)28-16-7-9-19(10-8-16)31(26,27)13-21(30-20(24)23-25)11-17-5-6-18(12-21)29-17/h1-4,7-10,17-18,25H,5-6,11-13H2,(H,23,24). The number of hydroxylamine groups is 1. The molecule has 0 radical (unpaired) electrons. The van der Waals surface area contributed by atoms with E-state index in [1.807, 2.05) is 0 Å². The number of nitrogens with one attached hydrogen (secondary N) is 1. The van der Waals surface area contributed by atoms with Crippen LogP contribution in [0.1, 0.15) is 25.7 Å². The number of ether oxygens (including phenoxy) is 3. The van der Waals surface area contributed by atoms with Gasteiger partial charge in [-0.05, 0) is 61.4 Å². The maximum atomic E-state index is 13.1. The number of halogens is 1. The molecule has 0 aromatic heterocycles. The summed E-state index contributed by atoms with van der Waals surface area (Å²) in [5.74, 6) is -0.0131. The number of sulfone groups is 1. The Morgan fingerprint density at radius 1 is 1.06 bits per heavy atom. The van der Waals surface area contributed by atoms with Crippen molar-refractivity contribution in [2.45, 2.75) is 48.4 Å². The first-order valence-corrected chi connectivity index (χ1v) is 11.5. The van der Waals surface area contributed by atoms with Gasteiger partial charge in [-0.3, -0.25) is 5.21 Å². The molecule has 4 rings (SSSR count). The average Bonchev–Trinajstić information content (AvgIpc) is 3.08. The van der Waals surface area contributed by atoms with Crippen LogP contribution in [0.5, 0.6) is 11.5 Å². The highest BCUT2D eigenvalue weighted by atomic mass is 32.2. The fourth-order valence-corrected chi connectivity index (χ4v) is 5.93. The van der Waals surface area contributed by atoms with Crippen molar-refractivity contribution in [2.24, 2.45) is 0 Å². The average molecular weight is 451 g/mol. The van der Waals surface area contributed by atoms with Crippen molar-refractivity contribution >= 4 is 15.9 Å². The molecule has 10 heteroatoms. The minimum Gasteiger partial charge on any atom is -0.457 e. The lowest BCUT2D eigenvalue weighted by Gasteiger charge is -2.39. The second-order valence-corrected chi connectivity index (χ2v) is 9.83. The molecule has 2 atom stereocenters. The predicted molar refractivity (Wildman–Crippen MR) is 106 cm³/mol. The van der Waals surface area contributed by atoms with Crippen LogP contribution in [0.15, 0.2) is 53.4 Å². The molecule has 166 valence electrons. The Balaban J connectivity index is 1.52. The summed E-state index contributed by atoms with van der Waals surface area (Å²) in [5, 5.41) is 8.87. The smallest absolute Gasteiger partial charge is 0.431 e. The van der Waals surface area contributed by atoms with Gasteiger partial charge >= 0.3 is 6.09 Å². The third-order valence-electron chi connectivity index (χ3n) is 5.48. The summed E-state index contributed by atoms with van der Waals surface area (Å²) in [5.41, 5.74) is 0.117. The Morgan fingerprint density at radius 2 is 1.61 bits per heavy atom. The van der Waals surface area contributed by atoms with Crippen molar-refractivity contribution in [1.82, 2.24) is 5.48 Å². The minimum absolute atomic E-state index is 0.0465. The third-order valence-corrected chi connectivity index (χ3v) is 7.38. The Morgan fingerprint density at radius 3 is 2.16 bits per heavy atom. The zero-order valence-corrected chi connectivity index (χ0v) is 17.3. The van der Waals surface area contributed by atoms with Crippen molar-refractivity contribution in [3.8, 4) is 11.5 Å². The van der Waals surface area contributed by atoms with E-state index in [1.54, 1.807) is 0 Å². The molecule has 0 aliphatic carbocycles. The van der Waals surface area contributed by atoms with Crippen LogP contribution in [0.2, 0.25) is 0 Å². The maximum absolute atomic E-state index is 13.1. The number of hydrogen-bond donors (Lipinski definition) is 2. The van der Waals surface area contributed by atoms with Gasteiger partial charge in [0, 0.05) is 12.8 Å². The first-order valence-electron chi connectivity index (χ1n) is 9.82. The summed E-state index contributed by atoms with van der Waals surface area (Å²) >= 11 is 0. The Labute approximate surface area is 178 Å². The second-order valence-electron chi connectivity index (χ2n) is 7.84. The number of benzene rings is 2. The van der Waals surface area contributed by atoms with Crippen LogP contribution in [0.4, 0.5) is 9.18 Å². The quantitative estimate of drug-likeness (QED) is 0.510. The van der Waals surface area contributed by atoms with E-state index in [2.05, 4.69) is 0 Å². The zero-order valence-electron chi connectivity index (χ0n) is 16.5. The minimum atomic E-state index is -3.83. The number of hydrogen-bond acceptors (Lipinski definition) is 7. The van der Waals surface area contributed by atoms with E-state index in [0.717, 1.165) is 12.8 Å². The molecular formula is C21H22FNO7S. The van der Waals surface area contributed by atoms with Gasteiger partial charge in [-0.2, -0.15) is 0 Å². The van der Waals surface area contributed by atoms with E-state index in [-0.39, 0.29) is 35.8 Å². The molecule has 2 aliphatic rings. The van der Waals surface area contributed by atoms with Gasteiger partial charge in [0.1, 0.15) is 22.9 Å². The van der Waals surface area contributed by atoms with E-state index in [4.69, 9.17) is 19.4 Å². The van der Waals surface area contributed by atoms with Crippen molar-refractivity contribution in [3.05, 3.63) is 54.3 Å². The van der Waals surface area contributed by atoms with E-state index < -0.39 is 27.3 Å². The van der Waals surface area contributed by atoms with Crippen LogP contribution in [-0.4, -0.2) is 43.3 Å². The van der Waals surface area contributed by atoms with E-state index in [9.17, 15) is 17.6 Å². The summed E-state index contributed by atoms with van der Waals surface area (Å²) in [7, 11) is -3.83. The van der Waals surface area contributed by atoms with Gasteiger partial charge in [0.15, 0.2) is 9.84 Å². The number of fused-ring (bicyclic) bond motifs is 2. The molecule has 2 fully saturated rings. The number of rotatable bonds is 6. The Bertz CT molecular complexity index is 1030. The van der Waals surface area contributed by atoms with Gasteiger partial charge in [-0.15, -0.1) is 0 Å². The topological polar surface area (TPSA) is 111 Å². The van der Waals surface area contributed by atoms with E-state index >= 15 is 0 Å².